The van der Waals surface area contributed by atoms with E-state index in [-0.39, 0.29) is 0 Å². The third-order valence-corrected chi connectivity index (χ3v) is 3.32. The van der Waals surface area contributed by atoms with Crippen LogP contribution in [0.5, 0.6) is 5.75 Å². The molecule has 2 aromatic carbocycles. The van der Waals surface area contributed by atoms with E-state index in [1.807, 2.05) is 48.5 Å². The van der Waals surface area contributed by atoms with Gasteiger partial charge in [-0.1, -0.05) is 18.2 Å². The Morgan fingerprint density at radius 1 is 1.11 bits per heavy atom. The molecule has 0 heterocycles. The Labute approximate surface area is 120 Å². The molecule has 18 heavy (non-hydrogen) atoms. The van der Waals surface area contributed by atoms with Crippen molar-refractivity contribution in [2.45, 2.75) is 0 Å². The average molecular weight is 354 g/mol. The van der Waals surface area contributed by atoms with E-state index in [0.717, 1.165) is 27.2 Å². The fraction of sp³-hybridized carbons (Fsp3) is 0.143. The van der Waals surface area contributed by atoms with Gasteiger partial charge >= 0.3 is 0 Å². The summed E-state index contributed by atoms with van der Waals surface area (Å²) in [5, 5.41) is 3.32. The largest absolute Gasteiger partial charge is 0.492 e. The Balaban J connectivity index is 1.79. The summed E-state index contributed by atoms with van der Waals surface area (Å²) in [6, 6.07) is 15.6. The molecular formula is C14H15IN2O. The number of para-hydroxylation sites is 1. The van der Waals surface area contributed by atoms with E-state index in [4.69, 9.17) is 10.5 Å². The van der Waals surface area contributed by atoms with Gasteiger partial charge in [-0.25, -0.2) is 0 Å². The fourth-order valence-electron chi connectivity index (χ4n) is 1.55. The number of nitrogen functional groups attached to an aromatic ring is 1. The summed E-state index contributed by atoms with van der Waals surface area (Å²) in [7, 11) is 0. The van der Waals surface area contributed by atoms with Crippen LogP contribution in [-0.2, 0) is 0 Å². The number of nitrogens with one attached hydrogen (secondary N) is 1. The molecular weight excluding hydrogens is 339 g/mol. The van der Waals surface area contributed by atoms with Crippen molar-refractivity contribution in [3.05, 3.63) is 52.1 Å². The molecule has 2 rings (SSSR count). The molecule has 3 N–H and O–H groups in total. The third-order valence-electron chi connectivity index (χ3n) is 2.42. The van der Waals surface area contributed by atoms with Gasteiger partial charge in [-0.3, -0.25) is 0 Å². The molecule has 0 aliphatic heterocycles. The highest BCUT2D eigenvalue weighted by atomic mass is 127. The molecule has 0 bridgehead atoms. The SMILES string of the molecule is Nc1ccc(NCCOc2ccccc2)c(I)c1. The number of halogens is 1. The summed E-state index contributed by atoms with van der Waals surface area (Å²) in [5.41, 5.74) is 7.57. The number of benzene rings is 2. The molecule has 94 valence electrons. The molecule has 0 saturated carbocycles. The molecule has 0 saturated heterocycles. The van der Waals surface area contributed by atoms with Crippen molar-refractivity contribution in [1.29, 1.82) is 0 Å². The van der Waals surface area contributed by atoms with Crippen LogP contribution >= 0.6 is 22.6 Å². The fourth-order valence-corrected chi connectivity index (χ4v) is 2.28. The van der Waals surface area contributed by atoms with Gasteiger partial charge in [0.1, 0.15) is 12.4 Å². The normalized spacial score (nSPS) is 10.1. The number of anilines is 2. The number of hydrogen-bond donors (Lipinski definition) is 2. The summed E-state index contributed by atoms with van der Waals surface area (Å²) in [5.74, 6) is 0.895. The van der Waals surface area contributed by atoms with Crippen LogP contribution in [0.25, 0.3) is 0 Å². The Kier molecular flexibility index (Phi) is 4.69. The van der Waals surface area contributed by atoms with Crippen LogP contribution in [-0.4, -0.2) is 13.2 Å². The molecule has 0 aromatic heterocycles. The van der Waals surface area contributed by atoms with Crippen molar-refractivity contribution in [2.24, 2.45) is 0 Å². The lowest BCUT2D eigenvalue weighted by Gasteiger charge is -2.10. The zero-order valence-corrected chi connectivity index (χ0v) is 12.1. The summed E-state index contributed by atoms with van der Waals surface area (Å²) in [4.78, 5) is 0. The van der Waals surface area contributed by atoms with E-state index in [9.17, 15) is 0 Å². The Bertz CT molecular complexity index is 502. The lowest BCUT2D eigenvalue weighted by molar-refractivity contribution is 0.333. The molecule has 0 radical (unpaired) electrons. The zero-order chi connectivity index (χ0) is 12.8. The predicted molar refractivity (Wildman–Crippen MR) is 84.0 cm³/mol. The number of rotatable bonds is 5. The molecule has 0 amide bonds. The van der Waals surface area contributed by atoms with Crippen molar-refractivity contribution in [3.8, 4) is 5.75 Å². The average Bonchev–Trinajstić information content (AvgIpc) is 2.38. The number of ether oxygens (including phenoxy) is 1. The topological polar surface area (TPSA) is 47.3 Å². The summed E-state index contributed by atoms with van der Waals surface area (Å²) in [6.45, 7) is 1.39. The van der Waals surface area contributed by atoms with E-state index < -0.39 is 0 Å². The summed E-state index contributed by atoms with van der Waals surface area (Å²) < 4.78 is 6.72. The highest BCUT2D eigenvalue weighted by molar-refractivity contribution is 14.1. The van der Waals surface area contributed by atoms with E-state index in [1.165, 1.54) is 0 Å². The van der Waals surface area contributed by atoms with E-state index in [1.54, 1.807) is 0 Å². The number of hydrogen-bond acceptors (Lipinski definition) is 3. The van der Waals surface area contributed by atoms with Gasteiger partial charge in [0.25, 0.3) is 0 Å². The van der Waals surface area contributed by atoms with Gasteiger partial charge in [0, 0.05) is 21.5 Å². The second-order valence-corrected chi connectivity index (χ2v) is 4.99. The Hall–Kier alpha value is -1.43. The minimum absolute atomic E-state index is 0.629. The predicted octanol–water partition coefficient (Wildman–Crippen LogP) is 3.36. The maximum atomic E-state index is 5.70. The smallest absolute Gasteiger partial charge is 0.119 e. The van der Waals surface area contributed by atoms with Gasteiger partial charge in [-0.05, 0) is 52.9 Å². The van der Waals surface area contributed by atoms with Crippen LogP contribution in [0.2, 0.25) is 0 Å². The maximum absolute atomic E-state index is 5.70. The van der Waals surface area contributed by atoms with Crippen LogP contribution in [0.4, 0.5) is 11.4 Å². The molecule has 0 fully saturated rings. The van der Waals surface area contributed by atoms with Gasteiger partial charge in [0.15, 0.2) is 0 Å². The second kappa shape index (κ2) is 6.49. The molecule has 0 aliphatic rings. The van der Waals surface area contributed by atoms with Gasteiger partial charge < -0.3 is 15.8 Å². The minimum atomic E-state index is 0.629. The highest BCUT2D eigenvalue weighted by Crippen LogP contribution is 2.20. The van der Waals surface area contributed by atoms with Crippen molar-refractivity contribution in [1.82, 2.24) is 0 Å². The Morgan fingerprint density at radius 3 is 2.61 bits per heavy atom. The molecule has 3 nitrogen and oxygen atoms in total. The first-order valence-electron chi connectivity index (χ1n) is 5.72. The second-order valence-electron chi connectivity index (χ2n) is 3.83. The first kappa shape index (κ1) is 13.0. The maximum Gasteiger partial charge on any atom is 0.119 e. The van der Waals surface area contributed by atoms with Crippen molar-refractivity contribution in [2.75, 3.05) is 24.2 Å². The third kappa shape index (κ3) is 3.80. The van der Waals surface area contributed by atoms with E-state index in [2.05, 4.69) is 27.9 Å². The van der Waals surface area contributed by atoms with Crippen LogP contribution in [0, 0.1) is 3.57 Å². The summed E-state index contributed by atoms with van der Waals surface area (Å²) in [6.07, 6.45) is 0. The lowest BCUT2D eigenvalue weighted by atomic mass is 10.3. The van der Waals surface area contributed by atoms with Crippen LogP contribution in [0.1, 0.15) is 0 Å². The molecule has 2 aromatic rings. The lowest BCUT2D eigenvalue weighted by Crippen LogP contribution is -2.12. The van der Waals surface area contributed by atoms with Crippen LogP contribution in [0.15, 0.2) is 48.5 Å². The summed E-state index contributed by atoms with van der Waals surface area (Å²) >= 11 is 2.27. The minimum Gasteiger partial charge on any atom is -0.492 e. The first-order valence-corrected chi connectivity index (χ1v) is 6.80. The van der Waals surface area contributed by atoms with Gasteiger partial charge in [-0.15, -0.1) is 0 Å². The van der Waals surface area contributed by atoms with Crippen molar-refractivity contribution in [3.63, 3.8) is 0 Å². The Morgan fingerprint density at radius 2 is 1.89 bits per heavy atom. The molecule has 0 spiro atoms. The van der Waals surface area contributed by atoms with Crippen molar-refractivity contribution < 1.29 is 4.74 Å². The van der Waals surface area contributed by atoms with Crippen LogP contribution in [0.3, 0.4) is 0 Å². The van der Waals surface area contributed by atoms with Crippen LogP contribution < -0.4 is 15.8 Å². The highest BCUT2D eigenvalue weighted by Gasteiger charge is 1.99. The molecule has 0 aliphatic carbocycles. The van der Waals surface area contributed by atoms with E-state index >= 15 is 0 Å². The first-order chi connectivity index (χ1) is 8.75. The van der Waals surface area contributed by atoms with Gasteiger partial charge in [0.2, 0.25) is 0 Å². The zero-order valence-electron chi connectivity index (χ0n) is 9.90. The monoisotopic (exact) mass is 354 g/mol. The number of nitrogens with two attached hydrogens (primary N) is 1. The standard InChI is InChI=1S/C14H15IN2O/c15-13-10-11(16)6-7-14(13)17-8-9-18-12-4-2-1-3-5-12/h1-7,10,17H,8-9,16H2. The molecule has 0 unspecified atom stereocenters. The quantitative estimate of drug-likeness (QED) is 0.492. The molecule has 0 atom stereocenters. The van der Waals surface area contributed by atoms with Gasteiger partial charge in [0.05, 0.1) is 0 Å². The van der Waals surface area contributed by atoms with Gasteiger partial charge in [-0.2, -0.15) is 0 Å². The van der Waals surface area contributed by atoms with E-state index in [0.29, 0.717) is 6.61 Å². The molecule has 4 heteroatoms. The van der Waals surface area contributed by atoms with Crippen molar-refractivity contribution >= 4 is 34.0 Å².